The van der Waals surface area contributed by atoms with Gasteiger partial charge in [-0.1, -0.05) is 6.92 Å². The minimum Gasteiger partial charge on any atom is -0.345 e. The van der Waals surface area contributed by atoms with E-state index in [1.54, 1.807) is 0 Å². The second-order valence-corrected chi connectivity index (χ2v) is 3.96. The van der Waals surface area contributed by atoms with Gasteiger partial charge in [0.05, 0.1) is 19.6 Å². The summed E-state index contributed by atoms with van der Waals surface area (Å²) in [6, 6.07) is 0. The standard InChI is InChI=1S/C10H22NO/c1-3-8-11(4-2)9-6-5-7-10(11)12/h10,12H,3-9H2,1-2H3/q+1. The van der Waals surface area contributed by atoms with Crippen LogP contribution in [0.4, 0.5) is 0 Å². The predicted octanol–water partition coefficient (Wildman–Crippen LogP) is 1.74. The molecule has 2 unspecified atom stereocenters. The van der Waals surface area contributed by atoms with Crippen molar-refractivity contribution in [2.45, 2.75) is 45.8 Å². The van der Waals surface area contributed by atoms with E-state index >= 15 is 0 Å². The molecule has 0 spiro atoms. The number of hydrogen-bond acceptors (Lipinski definition) is 1. The SMILES string of the molecule is CCC[N+]1(CC)CCCCC1O. The van der Waals surface area contributed by atoms with Crippen molar-refractivity contribution < 1.29 is 9.59 Å². The topological polar surface area (TPSA) is 20.2 Å². The van der Waals surface area contributed by atoms with Gasteiger partial charge in [0.2, 0.25) is 0 Å². The van der Waals surface area contributed by atoms with Gasteiger partial charge in [0.1, 0.15) is 0 Å². The maximum Gasteiger partial charge on any atom is 0.190 e. The van der Waals surface area contributed by atoms with E-state index < -0.39 is 0 Å². The molecule has 0 aromatic rings. The molecule has 1 heterocycles. The highest BCUT2D eigenvalue weighted by Crippen LogP contribution is 2.24. The van der Waals surface area contributed by atoms with E-state index in [2.05, 4.69) is 13.8 Å². The van der Waals surface area contributed by atoms with Crippen LogP contribution in [0, 0.1) is 0 Å². The molecule has 0 saturated carbocycles. The molecule has 1 aliphatic heterocycles. The van der Waals surface area contributed by atoms with E-state index in [0.717, 1.165) is 24.0 Å². The summed E-state index contributed by atoms with van der Waals surface area (Å²) < 4.78 is 0.955. The van der Waals surface area contributed by atoms with Crippen molar-refractivity contribution in [3.05, 3.63) is 0 Å². The highest BCUT2D eigenvalue weighted by molar-refractivity contribution is 4.57. The Hall–Kier alpha value is -0.0800. The maximum absolute atomic E-state index is 9.92. The Morgan fingerprint density at radius 3 is 2.58 bits per heavy atom. The van der Waals surface area contributed by atoms with E-state index in [-0.39, 0.29) is 6.23 Å². The summed E-state index contributed by atoms with van der Waals surface area (Å²) in [4.78, 5) is 0. The Kier molecular flexibility index (Phi) is 3.53. The third-order valence-corrected chi connectivity index (χ3v) is 3.25. The number of hydrogen-bond donors (Lipinski definition) is 1. The normalized spacial score (nSPS) is 36.8. The highest BCUT2D eigenvalue weighted by Gasteiger charge is 2.35. The Balaban J connectivity index is 2.60. The lowest BCUT2D eigenvalue weighted by Gasteiger charge is -2.44. The van der Waals surface area contributed by atoms with Crippen molar-refractivity contribution in [3.63, 3.8) is 0 Å². The minimum atomic E-state index is -0.0799. The van der Waals surface area contributed by atoms with Crippen molar-refractivity contribution in [2.75, 3.05) is 19.6 Å². The first kappa shape index (κ1) is 10.0. The Labute approximate surface area is 75.8 Å². The fourth-order valence-electron chi connectivity index (χ4n) is 2.41. The van der Waals surface area contributed by atoms with E-state index in [4.69, 9.17) is 0 Å². The van der Waals surface area contributed by atoms with Gasteiger partial charge in [0.25, 0.3) is 0 Å². The van der Waals surface area contributed by atoms with Crippen LogP contribution in [0.5, 0.6) is 0 Å². The minimum absolute atomic E-state index is 0.0799. The van der Waals surface area contributed by atoms with Gasteiger partial charge in [-0.05, 0) is 26.2 Å². The summed E-state index contributed by atoms with van der Waals surface area (Å²) in [6.45, 7) is 7.83. The van der Waals surface area contributed by atoms with Crippen LogP contribution < -0.4 is 0 Å². The van der Waals surface area contributed by atoms with Crippen molar-refractivity contribution in [1.29, 1.82) is 0 Å². The molecule has 1 aliphatic rings. The summed E-state index contributed by atoms with van der Waals surface area (Å²) in [6.07, 6.45) is 4.62. The van der Waals surface area contributed by atoms with Crippen LogP contribution in [0.1, 0.15) is 39.5 Å². The molecular formula is C10H22NO+. The third-order valence-electron chi connectivity index (χ3n) is 3.25. The van der Waals surface area contributed by atoms with Gasteiger partial charge in [0.15, 0.2) is 6.23 Å². The van der Waals surface area contributed by atoms with Gasteiger partial charge in [-0.15, -0.1) is 0 Å². The molecule has 0 bridgehead atoms. The van der Waals surface area contributed by atoms with Crippen molar-refractivity contribution in [3.8, 4) is 0 Å². The highest BCUT2D eigenvalue weighted by atomic mass is 16.3. The second-order valence-electron chi connectivity index (χ2n) is 3.96. The first-order valence-corrected chi connectivity index (χ1v) is 5.29. The lowest BCUT2D eigenvalue weighted by Crippen LogP contribution is -2.58. The molecule has 0 radical (unpaired) electrons. The zero-order valence-corrected chi connectivity index (χ0v) is 8.42. The van der Waals surface area contributed by atoms with Crippen molar-refractivity contribution in [2.24, 2.45) is 0 Å². The number of likely N-dealkylation sites (tertiary alicyclic amines) is 1. The molecule has 0 aromatic heterocycles. The zero-order chi connectivity index (χ0) is 9.03. The molecule has 1 saturated heterocycles. The fraction of sp³-hybridized carbons (Fsp3) is 1.00. The average Bonchev–Trinajstić information content (AvgIpc) is 2.10. The number of rotatable bonds is 3. The van der Waals surface area contributed by atoms with Gasteiger partial charge >= 0.3 is 0 Å². The quantitative estimate of drug-likeness (QED) is 0.643. The Bertz CT molecular complexity index is 134. The molecule has 2 heteroatoms. The maximum atomic E-state index is 9.92. The summed E-state index contributed by atoms with van der Waals surface area (Å²) in [5.74, 6) is 0. The summed E-state index contributed by atoms with van der Waals surface area (Å²) in [7, 11) is 0. The molecule has 72 valence electrons. The third kappa shape index (κ3) is 1.80. The van der Waals surface area contributed by atoms with Crippen LogP contribution in [0.2, 0.25) is 0 Å². The number of aliphatic hydroxyl groups is 1. The Morgan fingerprint density at radius 2 is 2.08 bits per heavy atom. The van der Waals surface area contributed by atoms with E-state index in [1.165, 1.54) is 25.8 Å². The molecule has 12 heavy (non-hydrogen) atoms. The molecule has 0 aromatic carbocycles. The number of aliphatic hydroxyl groups excluding tert-OH is 1. The lowest BCUT2D eigenvalue weighted by atomic mass is 10.1. The summed E-state index contributed by atoms with van der Waals surface area (Å²) >= 11 is 0. The fourth-order valence-corrected chi connectivity index (χ4v) is 2.41. The van der Waals surface area contributed by atoms with Gasteiger partial charge in [-0.25, -0.2) is 0 Å². The molecule has 1 rings (SSSR count). The lowest BCUT2D eigenvalue weighted by molar-refractivity contribution is -0.974. The van der Waals surface area contributed by atoms with Gasteiger partial charge in [-0.2, -0.15) is 0 Å². The molecule has 2 atom stereocenters. The summed E-state index contributed by atoms with van der Waals surface area (Å²) in [5.41, 5.74) is 0. The number of quaternary nitrogens is 1. The molecule has 0 amide bonds. The van der Waals surface area contributed by atoms with Crippen molar-refractivity contribution >= 4 is 0 Å². The smallest absolute Gasteiger partial charge is 0.190 e. The van der Waals surface area contributed by atoms with Crippen LogP contribution in [0.3, 0.4) is 0 Å². The molecule has 1 fully saturated rings. The molecule has 2 nitrogen and oxygen atoms in total. The molecular weight excluding hydrogens is 150 g/mol. The molecule has 1 N–H and O–H groups in total. The second kappa shape index (κ2) is 4.24. The number of nitrogens with zero attached hydrogens (tertiary/aromatic N) is 1. The average molecular weight is 172 g/mol. The van der Waals surface area contributed by atoms with Crippen LogP contribution >= 0.6 is 0 Å². The van der Waals surface area contributed by atoms with Crippen LogP contribution in [-0.2, 0) is 0 Å². The van der Waals surface area contributed by atoms with Crippen LogP contribution in [0.15, 0.2) is 0 Å². The predicted molar refractivity (Wildman–Crippen MR) is 50.7 cm³/mol. The van der Waals surface area contributed by atoms with E-state index in [1.807, 2.05) is 0 Å². The van der Waals surface area contributed by atoms with Gasteiger partial charge in [0, 0.05) is 6.42 Å². The van der Waals surface area contributed by atoms with E-state index in [0.29, 0.717) is 0 Å². The first-order chi connectivity index (χ1) is 5.75. The van der Waals surface area contributed by atoms with Gasteiger partial charge < -0.3 is 5.11 Å². The largest absolute Gasteiger partial charge is 0.345 e. The van der Waals surface area contributed by atoms with Crippen molar-refractivity contribution in [1.82, 2.24) is 0 Å². The van der Waals surface area contributed by atoms with E-state index in [9.17, 15) is 5.11 Å². The number of piperidine rings is 1. The Morgan fingerprint density at radius 1 is 1.33 bits per heavy atom. The van der Waals surface area contributed by atoms with Gasteiger partial charge in [-0.3, -0.25) is 4.48 Å². The summed E-state index contributed by atoms with van der Waals surface area (Å²) in [5, 5.41) is 9.92. The van der Waals surface area contributed by atoms with Crippen LogP contribution in [-0.4, -0.2) is 35.5 Å². The monoisotopic (exact) mass is 172 g/mol. The zero-order valence-electron chi connectivity index (χ0n) is 8.42. The first-order valence-electron chi connectivity index (χ1n) is 5.29. The van der Waals surface area contributed by atoms with Crippen LogP contribution in [0.25, 0.3) is 0 Å². The molecule has 0 aliphatic carbocycles.